The predicted molar refractivity (Wildman–Crippen MR) is 117 cm³/mol. The fourth-order valence-corrected chi connectivity index (χ4v) is 4.45. The number of aromatic nitrogens is 2. The quantitative estimate of drug-likeness (QED) is 0.705. The molecule has 31 heavy (non-hydrogen) atoms. The normalized spacial score (nSPS) is 24.0. The molecule has 3 atom stereocenters. The first-order valence-corrected chi connectivity index (χ1v) is 10.8. The molecule has 2 aliphatic heterocycles. The van der Waals surface area contributed by atoms with Crippen molar-refractivity contribution in [3.05, 3.63) is 41.8 Å². The Kier molecular flexibility index (Phi) is 6.22. The van der Waals surface area contributed by atoms with Crippen molar-refractivity contribution in [2.45, 2.75) is 45.3 Å². The second kappa shape index (κ2) is 9.05. The number of hydrogen-bond donors (Lipinski definition) is 2. The number of nitrogens with zero attached hydrogens (tertiary/aromatic N) is 4. The minimum atomic E-state index is -0.552. The molecule has 1 fully saturated rings. The number of amides is 1. The summed E-state index contributed by atoms with van der Waals surface area (Å²) in [5.74, 6) is -0.0538. The van der Waals surface area contributed by atoms with Crippen molar-refractivity contribution < 1.29 is 14.0 Å². The molecule has 0 aliphatic carbocycles. The van der Waals surface area contributed by atoms with Crippen LogP contribution in [0.15, 0.2) is 35.6 Å². The van der Waals surface area contributed by atoms with E-state index in [1.165, 1.54) is 12.1 Å². The highest BCUT2D eigenvalue weighted by atomic mass is 19.1. The van der Waals surface area contributed by atoms with Gasteiger partial charge >= 0.3 is 0 Å². The summed E-state index contributed by atoms with van der Waals surface area (Å²) in [6.07, 6.45) is 4.74. The number of carbonyl (C=O) groups excluding carboxylic acids is 1. The molecule has 0 spiro atoms. The van der Waals surface area contributed by atoms with Crippen LogP contribution in [0, 0.1) is 11.7 Å². The molecular formula is C22H29FN6O2. The molecule has 1 aromatic carbocycles. The topological polar surface area (TPSA) is 97.8 Å². The van der Waals surface area contributed by atoms with Crippen molar-refractivity contribution in [2.75, 3.05) is 25.0 Å². The zero-order valence-electron chi connectivity index (χ0n) is 17.9. The number of anilines is 2. The Bertz CT molecular complexity index is 957. The van der Waals surface area contributed by atoms with Crippen LogP contribution in [-0.4, -0.2) is 52.0 Å². The van der Waals surface area contributed by atoms with E-state index in [-0.39, 0.29) is 18.0 Å². The lowest BCUT2D eigenvalue weighted by Gasteiger charge is -2.39. The Morgan fingerprint density at radius 1 is 1.35 bits per heavy atom. The highest BCUT2D eigenvalue weighted by molar-refractivity contribution is 5.98. The molecule has 0 bridgehead atoms. The highest BCUT2D eigenvalue weighted by Crippen LogP contribution is 2.32. The van der Waals surface area contributed by atoms with E-state index in [1.54, 1.807) is 18.3 Å². The number of halogens is 1. The number of rotatable bonds is 7. The first kappa shape index (κ1) is 21.3. The minimum absolute atomic E-state index is 0.0910. The van der Waals surface area contributed by atoms with Gasteiger partial charge in [0.15, 0.2) is 5.82 Å². The molecule has 0 saturated carbocycles. The van der Waals surface area contributed by atoms with Gasteiger partial charge in [0.05, 0.1) is 11.8 Å². The Labute approximate surface area is 181 Å². The lowest BCUT2D eigenvalue weighted by atomic mass is 9.89. The van der Waals surface area contributed by atoms with E-state index in [1.807, 2.05) is 11.6 Å². The molecule has 2 aromatic rings. The summed E-state index contributed by atoms with van der Waals surface area (Å²) in [6, 6.07) is 6.02. The molecule has 1 aromatic heterocycles. The van der Waals surface area contributed by atoms with E-state index >= 15 is 0 Å². The number of hydrogen-bond acceptors (Lipinski definition) is 6. The summed E-state index contributed by atoms with van der Waals surface area (Å²) in [5.41, 5.74) is 7.61. The van der Waals surface area contributed by atoms with Crippen LogP contribution in [0.3, 0.4) is 0 Å². The second-order valence-corrected chi connectivity index (χ2v) is 8.41. The van der Waals surface area contributed by atoms with Crippen molar-refractivity contribution in [3.8, 4) is 0 Å². The number of benzene rings is 1. The molecule has 4 rings (SSSR count). The predicted octanol–water partition coefficient (Wildman–Crippen LogP) is 3.30. The molecule has 3 heterocycles. The first-order chi connectivity index (χ1) is 14.9. The van der Waals surface area contributed by atoms with Crippen LogP contribution in [0.25, 0.3) is 0 Å². The molecule has 9 heteroatoms. The van der Waals surface area contributed by atoms with Crippen LogP contribution in [-0.2, 0) is 4.84 Å². The second-order valence-electron chi connectivity index (χ2n) is 8.41. The summed E-state index contributed by atoms with van der Waals surface area (Å²) < 4.78 is 15.1. The van der Waals surface area contributed by atoms with Crippen molar-refractivity contribution >= 4 is 23.1 Å². The van der Waals surface area contributed by atoms with Crippen molar-refractivity contribution in [1.82, 2.24) is 14.7 Å². The van der Waals surface area contributed by atoms with E-state index in [0.29, 0.717) is 23.0 Å². The van der Waals surface area contributed by atoms with Gasteiger partial charge in [0.2, 0.25) is 0 Å². The van der Waals surface area contributed by atoms with Gasteiger partial charge in [0.25, 0.3) is 5.91 Å². The van der Waals surface area contributed by atoms with E-state index in [9.17, 15) is 9.18 Å². The van der Waals surface area contributed by atoms with Crippen molar-refractivity contribution in [2.24, 2.45) is 16.8 Å². The number of piperidine rings is 1. The lowest BCUT2D eigenvalue weighted by molar-refractivity contribution is 0.0279. The van der Waals surface area contributed by atoms with Crippen molar-refractivity contribution in [3.63, 3.8) is 0 Å². The summed E-state index contributed by atoms with van der Waals surface area (Å²) in [5, 5.41) is 11.8. The first-order valence-electron chi connectivity index (χ1n) is 10.8. The monoisotopic (exact) mass is 428 g/mol. The van der Waals surface area contributed by atoms with Gasteiger partial charge in [-0.05, 0) is 50.1 Å². The van der Waals surface area contributed by atoms with Gasteiger partial charge in [-0.2, -0.15) is 5.10 Å². The fourth-order valence-electron chi connectivity index (χ4n) is 4.45. The van der Waals surface area contributed by atoms with Crippen LogP contribution < -0.4 is 11.1 Å². The van der Waals surface area contributed by atoms with Crippen LogP contribution >= 0.6 is 0 Å². The van der Waals surface area contributed by atoms with Crippen LogP contribution in [0.4, 0.5) is 15.9 Å². The standard InChI is InChI=1S/C22H29FN6O2/c1-3-15-8-9-28(11-18-10-14(2)27-31-18)13-20(15)29-12-19(21(24)30)22(26-29)25-17-6-4-16(23)5-7-17/h4-7,12,15,18,20H,3,8-11,13H2,1-2H3,(H2,24,30)(H,25,26). The van der Waals surface area contributed by atoms with E-state index in [4.69, 9.17) is 10.6 Å². The van der Waals surface area contributed by atoms with Gasteiger partial charge in [-0.25, -0.2) is 4.39 Å². The van der Waals surface area contributed by atoms with Crippen LogP contribution in [0.1, 0.15) is 49.5 Å². The molecule has 3 unspecified atom stereocenters. The third kappa shape index (κ3) is 4.87. The fraction of sp³-hybridized carbons (Fsp3) is 0.500. The number of likely N-dealkylation sites (tertiary alicyclic amines) is 1. The van der Waals surface area contributed by atoms with Crippen LogP contribution in [0.5, 0.6) is 0 Å². The lowest BCUT2D eigenvalue weighted by Crippen LogP contribution is -2.44. The Hall–Kier alpha value is -2.94. The zero-order chi connectivity index (χ0) is 22.0. The molecular weight excluding hydrogens is 399 g/mol. The minimum Gasteiger partial charge on any atom is -0.391 e. The summed E-state index contributed by atoms with van der Waals surface area (Å²) in [7, 11) is 0. The maximum absolute atomic E-state index is 13.2. The van der Waals surface area contributed by atoms with E-state index < -0.39 is 5.91 Å². The van der Waals surface area contributed by atoms with Gasteiger partial charge in [0.1, 0.15) is 17.5 Å². The maximum Gasteiger partial charge on any atom is 0.254 e. The summed E-state index contributed by atoms with van der Waals surface area (Å²) in [4.78, 5) is 20.0. The maximum atomic E-state index is 13.2. The molecule has 2 aliphatic rings. The molecule has 8 nitrogen and oxygen atoms in total. The molecule has 166 valence electrons. The third-order valence-electron chi connectivity index (χ3n) is 6.12. The number of primary amides is 1. The Morgan fingerprint density at radius 3 is 2.77 bits per heavy atom. The largest absolute Gasteiger partial charge is 0.391 e. The molecule has 0 radical (unpaired) electrons. The smallest absolute Gasteiger partial charge is 0.254 e. The zero-order valence-corrected chi connectivity index (χ0v) is 17.9. The Balaban J connectivity index is 1.53. The number of nitrogens with two attached hydrogens (primary N) is 1. The van der Waals surface area contributed by atoms with Gasteiger partial charge < -0.3 is 15.9 Å². The van der Waals surface area contributed by atoms with Gasteiger partial charge in [0, 0.05) is 31.4 Å². The Morgan fingerprint density at radius 2 is 2.13 bits per heavy atom. The number of oxime groups is 1. The average molecular weight is 429 g/mol. The molecule has 1 amide bonds. The highest BCUT2D eigenvalue weighted by Gasteiger charge is 2.33. The summed E-state index contributed by atoms with van der Waals surface area (Å²) >= 11 is 0. The number of nitrogens with one attached hydrogen (secondary N) is 1. The third-order valence-corrected chi connectivity index (χ3v) is 6.12. The van der Waals surface area contributed by atoms with Gasteiger partial charge in [-0.3, -0.25) is 14.4 Å². The van der Waals surface area contributed by atoms with E-state index in [0.717, 1.165) is 44.6 Å². The number of carbonyl (C=O) groups is 1. The van der Waals surface area contributed by atoms with Crippen molar-refractivity contribution in [1.29, 1.82) is 0 Å². The van der Waals surface area contributed by atoms with E-state index in [2.05, 4.69) is 27.4 Å². The van der Waals surface area contributed by atoms with Crippen LogP contribution in [0.2, 0.25) is 0 Å². The molecule has 1 saturated heterocycles. The van der Waals surface area contributed by atoms with Gasteiger partial charge in [-0.15, -0.1) is 0 Å². The van der Waals surface area contributed by atoms with Gasteiger partial charge in [-0.1, -0.05) is 18.5 Å². The average Bonchev–Trinajstić information content (AvgIpc) is 3.36. The summed E-state index contributed by atoms with van der Waals surface area (Å²) in [6.45, 7) is 6.79. The SMILES string of the molecule is CCC1CCN(CC2CC(C)=NO2)CC1n1cc(C(N)=O)c(Nc2ccc(F)cc2)n1. The molecule has 3 N–H and O–H groups in total.